The Morgan fingerprint density at radius 3 is 2.46 bits per heavy atom. The van der Waals surface area contributed by atoms with E-state index < -0.39 is 5.92 Å². The minimum atomic E-state index is -2.62. The molecule has 74 valence electrons. The van der Waals surface area contributed by atoms with Gasteiger partial charge in [-0.1, -0.05) is 6.92 Å². The van der Waals surface area contributed by atoms with Crippen molar-refractivity contribution in [2.45, 2.75) is 25.7 Å². The van der Waals surface area contributed by atoms with Crippen molar-refractivity contribution in [2.75, 3.05) is 13.1 Å². The Morgan fingerprint density at radius 2 is 2.08 bits per heavy atom. The molecule has 4 heteroatoms. The van der Waals surface area contributed by atoms with Gasteiger partial charge < -0.3 is 4.90 Å². The summed E-state index contributed by atoms with van der Waals surface area (Å²) in [6.45, 7) is 1.35. The molecule has 2 fully saturated rings. The second-order valence-electron chi connectivity index (χ2n) is 4.28. The van der Waals surface area contributed by atoms with Crippen LogP contribution in [0.15, 0.2) is 0 Å². The Balaban J connectivity index is 1.74. The van der Waals surface area contributed by atoms with Crippen molar-refractivity contribution in [1.29, 1.82) is 0 Å². The van der Waals surface area contributed by atoms with E-state index in [1.807, 2.05) is 0 Å². The number of amides is 1. The Labute approximate surface area is 75.9 Å². The normalized spacial score (nSPS) is 35.5. The van der Waals surface area contributed by atoms with Gasteiger partial charge in [-0.2, -0.15) is 0 Å². The lowest BCUT2D eigenvalue weighted by Gasteiger charge is -2.38. The van der Waals surface area contributed by atoms with Crippen LogP contribution >= 0.6 is 0 Å². The predicted molar refractivity (Wildman–Crippen MR) is 43.4 cm³/mol. The molecule has 2 unspecified atom stereocenters. The van der Waals surface area contributed by atoms with E-state index in [4.69, 9.17) is 0 Å². The molecule has 0 N–H and O–H groups in total. The molecular weight excluding hydrogens is 176 g/mol. The van der Waals surface area contributed by atoms with Crippen LogP contribution in [0.1, 0.15) is 19.8 Å². The summed E-state index contributed by atoms with van der Waals surface area (Å²) < 4.78 is 24.8. The minimum Gasteiger partial charge on any atom is -0.330 e. The van der Waals surface area contributed by atoms with Gasteiger partial charge in [0, 0.05) is 6.42 Å². The number of carbonyl (C=O) groups excluding carboxylic acids is 1. The third-order valence-electron chi connectivity index (χ3n) is 2.91. The van der Waals surface area contributed by atoms with Gasteiger partial charge in [0.15, 0.2) is 0 Å². The fourth-order valence-corrected chi connectivity index (χ4v) is 1.73. The van der Waals surface area contributed by atoms with E-state index in [2.05, 4.69) is 6.92 Å². The maximum absolute atomic E-state index is 12.4. The van der Waals surface area contributed by atoms with Crippen LogP contribution < -0.4 is 0 Å². The van der Waals surface area contributed by atoms with Crippen LogP contribution in [-0.4, -0.2) is 29.8 Å². The topological polar surface area (TPSA) is 20.3 Å². The Kier molecular flexibility index (Phi) is 1.82. The van der Waals surface area contributed by atoms with Crippen molar-refractivity contribution in [3.05, 3.63) is 0 Å². The summed E-state index contributed by atoms with van der Waals surface area (Å²) >= 11 is 0. The molecule has 2 nitrogen and oxygen atoms in total. The zero-order chi connectivity index (χ0) is 9.64. The molecule has 2 rings (SSSR count). The fourth-order valence-electron chi connectivity index (χ4n) is 1.73. The lowest BCUT2D eigenvalue weighted by atomic mass is 10.1. The molecule has 0 bridgehead atoms. The molecule has 1 saturated heterocycles. The summed E-state index contributed by atoms with van der Waals surface area (Å²) in [6.07, 6.45) is 1.55. The van der Waals surface area contributed by atoms with E-state index in [1.54, 1.807) is 0 Å². The first-order valence-corrected chi connectivity index (χ1v) is 4.63. The fraction of sp³-hybridized carbons (Fsp3) is 0.889. The zero-order valence-corrected chi connectivity index (χ0v) is 7.59. The SMILES string of the molecule is CC1CC1CC(=O)N1CC(F)(F)C1. The second kappa shape index (κ2) is 2.66. The smallest absolute Gasteiger partial charge is 0.282 e. The quantitative estimate of drug-likeness (QED) is 0.644. The first-order chi connectivity index (χ1) is 5.98. The average Bonchev–Trinajstić information content (AvgIpc) is 2.61. The number of carbonyl (C=O) groups is 1. The summed E-state index contributed by atoms with van der Waals surface area (Å²) in [6, 6.07) is 0. The highest BCUT2D eigenvalue weighted by Gasteiger charge is 2.47. The molecule has 1 heterocycles. The van der Waals surface area contributed by atoms with E-state index in [-0.39, 0.29) is 19.0 Å². The predicted octanol–water partition coefficient (Wildman–Crippen LogP) is 1.51. The van der Waals surface area contributed by atoms with Gasteiger partial charge in [0.2, 0.25) is 5.91 Å². The molecule has 13 heavy (non-hydrogen) atoms. The third-order valence-corrected chi connectivity index (χ3v) is 2.91. The molecule has 2 aliphatic rings. The molecule has 1 amide bonds. The van der Waals surface area contributed by atoms with Crippen LogP contribution in [0.5, 0.6) is 0 Å². The molecule has 1 aliphatic heterocycles. The van der Waals surface area contributed by atoms with Crippen LogP contribution in [0.2, 0.25) is 0 Å². The van der Waals surface area contributed by atoms with Crippen molar-refractivity contribution in [2.24, 2.45) is 11.8 Å². The Bertz CT molecular complexity index is 234. The zero-order valence-electron chi connectivity index (χ0n) is 7.59. The first kappa shape index (κ1) is 8.91. The molecular formula is C9H13F2NO. The van der Waals surface area contributed by atoms with E-state index in [1.165, 1.54) is 4.90 Å². The lowest BCUT2D eigenvalue weighted by Crippen LogP contribution is -2.58. The molecule has 1 saturated carbocycles. The summed E-state index contributed by atoms with van der Waals surface area (Å²) in [5, 5.41) is 0. The van der Waals surface area contributed by atoms with Crippen molar-refractivity contribution in [3.8, 4) is 0 Å². The van der Waals surface area contributed by atoms with Gasteiger partial charge in [-0.05, 0) is 18.3 Å². The first-order valence-electron chi connectivity index (χ1n) is 4.63. The third kappa shape index (κ3) is 1.81. The number of rotatable bonds is 2. The van der Waals surface area contributed by atoms with E-state index in [0.29, 0.717) is 18.3 Å². The van der Waals surface area contributed by atoms with E-state index in [0.717, 1.165) is 6.42 Å². The van der Waals surface area contributed by atoms with Crippen molar-refractivity contribution >= 4 is 5.91 Å². The van der Waals surface area contributed by atoms with Gasteiger partial charge in [-0.15, -0.1) is 0 Å². The van der Waals surface area contributed by atoms with Crippen LogP contribution in [0.25, 0.3) is 0 Å². The molecule has 1 aliphatic carbocycles. The van der Waals surface area contributed by atoms with Gasteiger partial charge in [-0.3, -0.25) is 4.79 Å². The van der Waals surface area contributed by atoms with Crippen molar-refractivity contribution in [1.82, 2.24) is 4.90 Å². The Hall–Kier alpha value is -0.670. The lowest BCUT2D eigenvalue weighted by molar-refractivity contribution is -0.166. The number of alkyl halides is 2. The summed E-state index contributed by atoms with van der Waals surface area (Å²) in [5.41, 5.74) is 0. The molecule has 0 aromatic carbocycles. The number of nitrogens with zero attached hydrogens (tertiary/aromatic N) is 1. The van der Waals surface area contributed by atoms with Gasteiger partial charge in [0.25, 0.3) is 5.92 Å². The van der Waals surface area contributed by atoms with Crippen LogP contribution in [0.4, 0.5) is 8.78 Å². The average molecular weight is 189 g/mol. The summed E-state index contributed by atoms with van der Waals surface area (Å²) in [7, 11) is 0. The molecule has 0 spiro atoms. The molecule has 0 aromatic heterocycles. The molecule has 0 radical (unpaired) electrons. The number of hydrogen-bond donors (Lipinski definition) is 0. The number of likely N-dealkylation sites (tertiary alicyclic amines) is 1. The highest BCUT2D eigenvalue weighted by atomic mass is 19.3. The van der Waals surface area contributed by atoms with Crippen LogP contribution in [0, 0.1) is 11.8 Å². The number of hydrogen-bond acceptors (Lipinski definition) is 1. The molecule has 2 atom stereocenters. The van der Waals surface area contributed by atoms with Gasteiger partial charge in [0.1, 0.15) is 0 Å². The highest BCUT2D eigenvalue weighted by Crippen LogP contribution is 2.41. The second-order valence-corrected chi connectivity index (χ2v) is 4.28. The van der Waals surface area contributed by atoms with Crippen molar-refractivity contribution in [3.63, 3.8) is 0 Å². The van der Waals surface area contributed by atoms with Gasteiger partial charge in [0.05, 0.1) is 13.1 Å². The Morgan fingerprint density at radius 1 is 1.54 bits per heavy atom. The van der Waals surface area contributed by atoms with E-state index >= 15 is 0 Å². The van der Waals surface area contributed by atoms with Crippen LogP contribution in [-0.2, 0) is 4.79 Å². The largest absolute Gasteiger partial charge is 0.330 e. The summed E-state index contributed by atoms with van der Waals surface area (Å²) in [4.78, 5) is 12.6. The van der Waals surface area contributed by atoms with Crippen molar-refractivity contribution < 1.29 is 13.6 Å². The monoisotopic (exact) mass is 189 g/mol. The van der Waals surface area contributed by atoms with Gasteiger partial charge >= 0.3 is 0 Å². The number of halogens is 2. The minimum absolute atomic E-state index is 0.0970. The highest BCUT2D eigenvalue weighted by molar-refractivity contribution is 5.77. The maximum atomic E-state index is 12.4. The van der Waals surface area contributed by atoms with E-state index in [9.17, 15) is 13.6 Å². The van der Waals surface area contributed by atoms with Crippen LogP contribution in [0.3, 0.4) is 0 Å². The maximum Gasteiger partial charge on any atom is 0.282 e. The molecule has 0 aromatic rings. The summed E-state index contributed by atoms with van der Waals surface area (Å²) in [5.74, 6) is -1.64. The van der Waals surface area contributed by atoms with Gasteiger partial charge in [-0.25, -0.2) is 8.78 Å². The standard InChI is InChI=1S/C9H13F2NO/c1-6-2-7(6)3-8(13)12-4-9(10,11)5-12/h6-7H,2-5H2,1H3.